The van der Waals surface area contributed by atoms with Gasteiger partial charge in [-0.15, -0.1) is 0 Å². The summed E-state index contributed by atoms with van der Waals surface area (Å²) in [7, 11) is 0. The fourth-order valence-electron chi connectivity index (χ4n) is 1.04. The van der Waals surface area contributed by atoms with Crippen LogP contribution in [0.5, 0.6) is 0 Å². The molecule has 0 fully saturated rings. The van der Waals surface area contributed by atoms with Crippen LogP contribution in [0.2, 0.25) is 0 Å². The van der Waals surface area contributed by atoms with E-state index < -0.39 is 0 Å². The number of para-hydroxylation sites is 1. The zero-order chi connectivity index (χ0) is 6.97. The summed E-state index contributed by atoms with van der Waals surface area (Å²) in [6.07, 6.45) is 1.48. The van der Waals surface area contributed by atoms with E-state index >= 15 is 0 Å². The minimum Gasteiger partial charge on any atom is -0.282 e. The molecule has 1 aromatic carbocycles. The number of hydrogen-bond donors (Lipinski definition) is 1. The van der Waals surface area contributed by atoms with Gasteiger partial charge in [-0.2, -0.15) is 0 Å². The van der Waals surface area contributed by atoms with Crippen molar-refractivity contribution in [1.29, 1.82) is 0 Å². The molecule has 1 heterocycles. The van der Waals surface area contributed by atoms with Crippen LogP contribution in [0.25, 0.3) is 0 Å². The zero-order valence-corrected chi connectivity index (χ0v) is 5.29. The van der Waals surface area contributed by atoms with Gasteiger partial charge < -0.3 is 0 Å². The standard InChI is InChI=1S/C8H5NO/c10-8-5-9-7-4-2-1-3-6(7)8/h1-5H/p+1. The molecule has 0 saturated heterocycles. The minimum absolute atomic E-state index is 0.0654. The van der Waals surface area contributed by atoms with E-state index in [2.05, 4.69) is 4.99 Å². The second-order valence-corrected chi connectivity index (χ2v) is 2.20. The highest BCUT2D eigenvalue weighted by molar-refractivity contribution is 6.36. The molecular weight excluding hydrogens is 126 g/mol. The van der Waals surface area contributed by atoms with Gasteiger partial charge in [0.05, 0.1) is 5.56 Å². The predicted octanol–water partition coefficient (Wildman–Crippen LogP) is -0.334. The fraction of sp³-hybridized carbons (Fsp3) is 0. The number of Topliss-reactive ketones (excluding diaryl/α,β-unsaturated/α-hetero) is 1. The number of ketones is 1. The molecule has 0 radical (unpaired) electrons. The van der Waals surface area contributed by atoms with Crippen molar-refractivity contribution in [3.8, 4) is 0 Å². The van der Waals surface area contributed by atoms with E-state index in [-0.39, 0.29) is 5.78 Å². The first-order valence-corrected chi connectivity index (χ1v) is 3.11. The lowest BCUT2D eigenvalue weighted by atomic mass is 10.1. The molecule has 0 spiro atoms. The number of benzene rings is 1. The summed E-state index contributed by atoms with van der Waals surface area (Å²) >= 11 is 0. The normalized spacial score (nSPS) is 13.8. The van der Waals surface area contributed by atoms with Gasteiger partial charge in [0.1, 0.15) is 0 Å². The van der Waals surface area contributed by atoms with Gasteiger partial charge in [0, 0.05) is 6.07 Å². The quantitative estimate of drug-likeness (QED) is 0.514. The van der Waals surface area contributed by atoms with Gasteiger partial charge in [-0.1, -0.05) is 12.1 Å². The van der Waals surface area contributed by atoms with Gasteiger partial charge >= 0.3 is 0 Å². The summed E-state index contributed by atoms with van der Waals surface area (Å²) < 4.78 is 0. The van der Waals surface area contributed by atoms with E-state index in [0.717, 1.165) is 11.3 Å². The zero-order valence-electron chi connectivity index (χ0n) is 5.29. The van der Waals surface area contributed by atoms with Crippen molar-refractivity contribution in [2.75, 3.05) is 0 Å². The highest BCUT2D eigenvalue weighted by atomic mass is 16.1. The molecule has 1 aliphatic rings. The van der Waals surface area contributed by atoms with E-state index in [9.17, 15) is 4.79 Å². The third kappa shape index (κ3) is 0.589. The van der Waals surface area contributed by atoms with Crippen molar-refractivity contribution < 1.29 is 9.79 Å². The number of fused-ring (bicyclic) bond motifs is 1. The fourth-order valence-corrected chi connectivity index (χ4v) is 1.04. The maximum atomic E-state index is 10.9. The van der Waals surface area contributed by atoms with Crippen molar-refractivity contribution in [2.24, 2.45) is 0 Å². The summed E-state index contributed by atoms with van der Waals surface area (Å²) in [5.41, 5.74) is 1.68. The lowest BCUT2D eigenvalue weighted by Crippen LogP contribution is -2.59. The van der Waals surface area contributed by atoms with E-state index in [1.807, 2.05) is 24.3 Å². The lowest BCUT2D eigenvalue weighted by molar-refractivity contribution is -0.342. The summed E-state index contributed by atoms with van der Waals surface area (Å²) in [5.74, 6) is 0.0654. The Morgan fingerprint density at radius 1 is 1.20 bits per heavy atom. The van der Waals surface area contributed by atoms with Gasteiger partial charge in [0.2, 0.25) is 11.9 Å². The van der Waals surface area contributed by atoms with Gasteiger partial charge in [-0.25, -0.2) is 4.99 Å². The molecular formula is C8H6NO+. The minimum atomic E-state index is 0.0654. The molecule has 1 N–H and O–H groups in total. The largest absolute Gasteiger partial charge is 0.282 e. The Labute approximate surface area is 58.2 Å². The molecule has 48 valence electrons. The number of rotatable bonds is 0. The van der Waals surface area contributed by atoms with Gasteiger partial charge in [0.25, 0.3) is 5.78 Å². The molecule has 0 aromatic heterocycles. The summed E-state index contributed by atoms with van der Waals surface area (Å²) in [5, 5.41) is 0. The Morgan fingerprint density at radius 2 is 2.00 bits per heavy atom. The first-order valence-electron chi connectivity index (χ1n) is 3.11. The van der Waals surface area contributed by atoms with Crippen LogP contribution in [0.15, 0.2) is 24.3 Å². The maximum Gasteiger partial charge on any atom is 0.255 e. The number of nitrogens with one attached hydrogen (secondary N) is 1. The molecule has 0 amide bonds. The molecule has 2 heteroatoms. The summed E-state index contributed by atoms with van der Waals surface area (Å²) in [6, 6.07) is 7.46. The molecule has 0 bridgehead atoms. The molecule has 0 atom stereocenters. The Balaban J connectivity index is 2.70. The van der Waals surface area contributed by atoms with Gasteiger partial charge in [-0.05, 0) is 6.07 Å². The first kappa shape index (κ1) is 5.35. The summed E-state index contributed by atoms with van der Waals surface area (Å²) in [6.45, 7) is 0. The average Bonchev–Trinajstić information content (AvgIpc) is 2.34. The molecule has 1 aromatic rings. The topological polar surface area (TPSA) is 31.0 Å². The number of carbonyl (C=O) groups excluding carboxylic acids is 1. The van der Waals surface area contributed by atoms with Gasteiger partial charge in [-0.3, -0.25) is 4.79 Å². The number of hydrogen-bond acceptors (Lipinski definition) is 1. The van der Waals surface area contributed by atoms with E-state index in [1.54, 1.807) is 0 Å². The lowest BCUT2D eigenvalue weighted by Gasteiger charge is -1.84. The van der Waals surface area contributed by atoms with Crippen LogP contribution in [-0.2, 0) is 0 Å². The Kier molecular flexibility index (Phi) is 0.947. The Morgan fingerprint density at radius 3 is 2.80 bits per heavy atom. The van der Waals surface area contributed by atoms with Gasteiger partial charge in [0.15, 0.2) is 0 Å². The average molecular weight is 132 g/mol. The Bertz CT molecular complexity index is 315. The maximum absolute atomic E-state index is 10.9. The van der Waals surface area contributed by atoms with Crippen molar-refractivity contribution in [2.45, 2.75) is 0 Å². The Hall–Kier alpha value is -1.44. The van der Waals surface area contributed by atoms with Crippen LogP contribution in [-0.4, -0.2) is 12.0 Å². The molecule has 0 aliphatic carbocycles. The first-order chi connectivity index (χ1) is 4.88. The van der Waals surface area contributed by atoms with E-state index in [1.165, 1.54) is 6.21 Å². The molecule has 2 nitrogen and oxygen atoms in total. The van der Waals surface area contributed by atoms with Crippen LogP contribution in [0, 0.1) is 0 Å². The van der Waals surface area contributed by atoms with Crippen LogP contribution in [0.1, 0.15) is 10.4 Å². The molecule has 10 heavy (non-hydrogen) atoms. The number of carbonyl (C=O) groups is 1. The van der Waals surface area contributed by atoms with Crippen molar-refractivity contribution in [1.82, 2.24) is 0 Å². The van der Waals surface area contributed by atoms with Crippen molar-refractivity contribution in [3.05, 3.63) is 29.8 Å². The van der Waals surface area contributed by atoms with E-state index in [0.29, 0.717) is 0 Å². The third-order valence-corrected chi connectivity index (χ3v) is 1.55. The molecule has 1 aliphatic heterocycles. The van der Waals surface area contributed by atoms with Crippen LogP contribution >= 0.6 is 0 Å². The summed E-state index contributed by atoms with van der Waals surface area (Å²) in [4.78, 5) is 13.8. The van der Waals surface area contributed by atoms with Crippen LogP contribution in [0.4, 0.5) is 5.69 Å². The molecule has 0 unspecified atom stereocenters. The molecule has 0 saturated carbocycles. The smallest absolute Gasteiger partial charge is 0.255 e. The highest BCUT2D eigenvalue weighted by Gasteiger charge is 2.19. The van der Waals surface area contributed by atoms with Crippen LogP contribution < -0.4 is 4.99 Å². The van der Waals surface area contributed by atoms with Crippen molar-refractivity contribution >= 4 is 17.7 Å². The second-order valence-electron chi connectivity index (χ2n) is 2.20. The monoisotopic (exact) mass is 132 g/mol. The highest BCUT2D eigenvalue weighted by Crippen LogP contribution is 2.10. The molecule has 2 rings (SSSR count). The second kappa shape index (κ2) is 1.77. The predicted molar refractivity (Wildman–Crippen MR) is 37.5 cm³/mol. The van der Waals surface area contributed by atoms with Crippen LogP contribution in [0.3, 0.4) is 0 Å². The van der Waals surface area contributed by atoms with E-state index in [4.69, 9.17) is 0 Å². The van der Waals surface area contributed by atoms with Crippen molar-refractivity contribution in [3.63, 3.8) is 0 Å². The SMILES string of the molecule is O=C1C=[NH+]c2ccccc21. The third-order valence-electron chi connectivity index (χ3n) is 1.55.